The zero-order valence-electron chi connectivity index (χ0n) is 11.5. The highest BCUT2D eigenvalue weighted by Gasteiger charge is 2.10. The quantitative estimate of drug-likeness (QED) is 0.783. The van der Waals surface area contributed by atoms with Gasteiger partial charge in [0.25, 0.3) is 0 Å². The van der Waals surface area contributed by atoms with Crippen molar-refractivity contribution >= 4 is 22.1 Å². The van der Waals surface area contributed by atoms with Crippen molar-refractivity contribution in [2.75, 3.05) is 24.8 Å². The number of nitrogens with two attached hydrogens (primary N) is 1. The molecule has 1 unspecified atom stereocenters. The van der Waals surface area contributed by atoms with Crippen LogP contribution in [0.1, 0.15) is 19.8 Å². The van der Waals surface area contributed by atoms with E-state index < -0.39 is 0 Å². The van der Waals surface area contributed by atoms with E-state index in [1.807, 2.05) is 18.2 Å². The van der Waals surface area contributed by atoms with E-state index in [2.05, 4.69) is 17.2 Å². The van der Waals surface area contributed by atoms with Gasteiger partial charge in [-0.1, -0.05) is 13.3 Å². The maximum atomic E-state index is 5.98. The highest BCUT2D eigenvalue weighted by Crippen LogP contribution is 2.28. The Labute approximate surface area is 114 Å². The van der Waals surface area contributed by atoms with Crippen LogP contribution in [-0.2, 0) is 4.74 Å². The Morgan fingerprint density at radius 3 is 2.89 bits per heavy atom. The van der Waals surface area contributed by atoms with Gasteiger partial charge in [0.1, 0.15) is 0 Å². The molecule has 0 aliphatic heterocycles. The van der Waals surface area contributed by atoms with Crippen LogP contribution in [-0.4, -0.2) is 24.7 Å². The third kappa shape index (κ3) is 3.15. The minimum atomic E-state index is 0.315. The lowest BCUT2D eigenvalue weighted by molar-refractivity contribution is 0.182. The topological polar surface area (TPSA) is 60.2 Å². The molecule has 0 saturated heterocycles. The molecule has 1 aromatic heterocycles. The number of pyridine rings is 1. The molecule has 0 bridgehead atoms. The van der Waals surface area contributed by atoms with Crippen molar-refractivity contribution in [2.24, 2.45) is 0 Å². The SMILES string of the molecule is CCCC(COC)Nc1ccc(N)c2cnccc12. The molecule has 1 aromatic carbocycles. The van der Waals surface area contributed by atoms with Gasteiger partial charge < -0.3 is 15.8 Å². The molecule has 0 aliphatic rings. The first-order valence-electron chi connectivity index (χ1n) is 6.64. The summed E-state index contributed by atoms with van der Waals surface area (Å²) in [6.07, 6.45) is 5.79. The number of aromatic nitrogens is 1. The lowest BCUT2D eigenvalue weighted by Crippen LogP contribution is -2.24. The number of hydrogen-bond acceptors (Lipinski definition) is 4. The van der Waals surface area contributed by atoms with E-state index in [4.69, 9.17) is 10.5 Å². The third-order valence-corrected chi connectivity index (χ3v) is 3.22. The van der Waals surface area contributed by atoms with Gasteiger partial charge in [-0.05, 0) is 24.6 Å². The van der Waals surface area contributed by atoms with Gasteiger partial charge in [0, 0.05) is 47.7 Å². The van der Waals surface area contributed by atoms with E-state index >= 15 is 0 Å². The van der Waals surface area contributed by atoms with Gasteiger partial charge >= 0.3 is 0 Å². The Morgan fingerprint density at radius 1 is 1.32 bits per heavy atom. The predicted molar refractivity (Wildman–Crippen MR) is 80.4 cm³/mol. The number of ether oxygens (including phenoxy) is 1. The summed E-state index contributed by atoms with van der Waals surface area (Å²) in [4.78, 5) is 4.13. The van der Waals surface area contributed by atoms with Crippen LogP contribution in [0.25, 0.3) is 10.8 Å². The summed E-state index contributed by atoms with van der Waals surface area (Å²) in [5, 5.41) is 5.63. The normalized spacial score (nSPS) is 12.5. The molecule has 2 aromatic rings. The number of anilines is 2. The molecule has 102 valence electrons. The number of benzene rings is 1. The standard InChI is InChI=1S/C15H21N3O/c1-3-4-11(10-19-2)18-15-6-5-14(16)13-9-17-8-7-12(13)15/h5-9,11,18H,3-4,10,16H2,1-2H3. The largest absolute Gasteiger partial charge is 0.398 e. The van der Waals surface area contributed by atoms with Gasteiger partial charge in [-0.15, -0.1) is 0 Å². The average molecular weight is 259 g/mol. The molecule has 0 spiro atoms. The third-order valence-electron chi connectivity index (χ3n) is 3.22. The number of nitrogens with one attached hydrogen (secondary N) is 1. The molecule has 0 aliphatic carbocycles. The van der Waals surface area contributed by atoms with Crippen molar-refractivity contribution in [3.63, 3.8) is 0 Å². The van der Waals surface area contributed by atoms with Crippen LogP contribution in [0, 0.1) is 0 Å². The Kier molecular flexibility index (Phi) is 4.58. The van der Waals surface area contributed by atoms with E-state index in [1.54, 1.807) is 19.5 Å². The highest BCUT2D eigenvalue weighted by molar-refractivity contribution is 6.00. The number of rotatable bonds is 6. The zero-order valence-corrected chi connectivity index (χ0v) is 11.5. The first-order valence-corrected chi connectivity index (χ1v) is 6.64. The smallest absolute Gasteiger partial charge is 0.0664 e. The van der Waals surface area contributed by atoms with Crippen molar-refractivity contribution < 1.29 is 4.74 Å². The molecule has 3 N–H and O–H groups in total. The summed E-state index contributed by atoms with van der Waals surface area (Å²) in [7, 11) is 1.73. The van der Waals surface area contributed by atoms with E-state index in [0.717, 1.165) is 35.0 Å². The molecule has 4 nitrogen and oxygen atoms in total. The number of hydrogen-bond donors (Lipinski definition) is 2. The Morgan fingerprint density at radius 2 is 2.16 bits per heavy atom. The van der Waals surface area contributed by atoms with Crippen molar-refractivity contribution in [1.82, 2.24) is 4.98 Å². The van der Waals surface area contributed by atoms with Gasteiger partial charge in [0.15, 0.2) is 0 Å². The molecule has 0 amide bonds. The molecule has 0 radical (unpaired) electrons. The summed E-state index contributed by atoms with van der Waals surface area (Å²) >= 11 is 0. The van der Waals surface area contributed by atoms with Gasteiger partial charge in [-0.3, -0.25) is 4.98 Å². The lowest BCUT2D eigenvalue weighted by atomic mass is 10.1. The van der Waals surface area contributed by atoms with Gasteiger partial charge in [0.05, 0.1) is 6.61 Å². The monoisotopic (exact) mass is 259 g/mol. The zero-order chi connectivity index (χ0) is 13.7. The van der Waals surface area contributed by atoms with Crippen LogP contribution >= 0.6 is 0 Å². The minimum Gasteiger partial charge on any atom is -0.398 e. The van der Waals surface area contributed by atoms with Crippen LogP contribution in [0.4, 0.5) is 11.4 Å². The second-order valence-electron chi connectivity index (χ2n) is 4.71. The van der Waals surface area contributed by atoms with Gasteiger partial charge in [0.2, 0.25) is 0 Å². The fourth-order valence-corrected chi connectivity index (χ4v) is 2.30. The first-order chi connectivity index (χ1) is 9.26. The first kappa shape index (κ1) is 13.6. The molecule has 4 heteroatoms. The Bertz CT molecular complexity index is 536. The van der Waals surface area contributed by atoms with Crippen molar-refractivity contribution in [2.45, 2.75) is 25.8 Å². The summed E-state index contributed by atoms with van der Waals surface area (Å²) in [6.45, 7) is 2.88. The summed E-state index contributed by atoms with van der Waals surface area (Å²) in [5.74, 6) is 0. The van der Waals surface area contributed by atoms with E-state index in [1.165, 1.54) is 0 Å². The fraction of sp³-hybridized carbons (Fsp3) is 0.400. The van der Waals surface area contributed by atoms with Crippen molar-refractivity contribution in [1.29, 1.82) is 0 Å². The molecular formula is C15H21N3O. The molecule has 1 atom stereocenters. The number of fused-ring (bicyclic) bond motifs is 1. The Hall–Kier alpha value is -1.81. The van der Waals surface area contributed by atoms with Crippen LogP contribution in [0.2, 0.25) is 0 Å². The minimum absolute atomic E-state index is 0.315. The second-order valence-corrected chi connectivity index (χ2v) is 4.71. The maximum Gasteiger partial charge on any atom is 0.0664 e. The number of nitrogens with zero attached hydrogens (tertiary/aromatic N) is 1. The van der Waals surface area contributed by atoms with E-state index in [9.17, 15) is 0 Å². The van der Waals surface area contributed by atoms with Crippen LogP contribution in [0.15, 0.2) is 30.6 Å². The summed E-state index contributed by atoms with van der Waals surface area (Å²) in [6, 6.07) is 6.25. The van der Waals surface area contributed by atoms with Crippen LogP contribution in [0.3, 0.4) is 0 Å². The fourth-order valence-electron chi connectivity index (χ4n) is 2.30. The summed E-state index contributed by atoms with van der Waals surface area (Å²) in [5.41, 5.74) is 7.82. The van der Waals surface area contributed by atoms with Crippen LogP contribution < -0.4 is 11.1 Å². The molecule has 19 heavy (non-hydrogen) atoms. The van der Waals surface area contributed by atoms with E-state index in [0.29, 0.717) is 12.6 Å². The summed E-state index contributed by atoms with van der Waals surface area (Å²) < 4.78 is 5.26. The van der Waals surface area contributed by atoms with Gasteiger partial charge in [-0.25, -0.2) is 0 Å². The van der Waals surface area contributed by atoms with Crippen molar-refractivity contribution in [3.05, 3.63) is 30.6 Å². The van der Waals surface area contributed by atoms with Gasteiger partial charge in [-0.2, -0.15) is 0 Å². The second kappa shape index (κ2) is 6.38. The number of nitrogen functional groups attached to an aromatic ring is 1. The molecule has 0 saturated carbocycles. The molecule has 0 fully saturated rings. The molecule has 2 rings (SSSR count). The highest BCUT2D eigenvalue weighted by atomic mass is 16.5. The Balaban J connectivity index is 2.31. The number of methoxy groups -OCH3 is 1. The molecular weight excluding hydrogens is 238 g/mol. The van der Waals surface area contributed by atoms with Crippen molar-refractivity contribution in [3.8, 4) is 0 Å². The lowest BCUT2D eigenvalue weighted by Gasteiger charge is -2.20. The van der Waals surface area contributed by atoms with E-state index in [-0.39, 0.29) is 0 Å². The predicted octanol–water partition coefficient (Wildman–Crippen LogP) is 3.04. The average Bonchev–Trinajstić information content (AvgIpc) is 2.43. The maximum absolute atomic E-state index is 5.98. The van der Waals surface area contributed by atoms with Crippen LogP contribution in [0.5, 0.6) is 0 Å². The molecule has 1 heterocycles.